The number of unbranched alkanes of at least 4 members (excludes halogenated alkanes) is 2. The minimum absolute atomic E-state index is 0.126. The molecule has 0 atom stereocenters. The lowest BCUT2D eigenvalue weighted by molar-refractivity contribution is -0.140. The normalized spacial score (nSPS) is 16.1. The lowest BCUT2D eigenvalue weighted by Gasteiger charge is -2.33. The highest BCUT2D eigenvalue weighted by Gasteiger charge is 2.19. The van der Waals surface area contributed by atoms with Gasteiger partial charge >= 0.3 is 5.97 Å². The highest BCUT2D eigenvalue weighted by Crippen LogP contribution is 2.13. The summed E-state index contributed by atoms with van der Waals surface area (Å²) < 4.78 is 4.65. The standard InChI is InChI=1S/C21H34N4O2/c1-22-21(23-14-8-4-7-11-20(26)27-2)24-19-12-15-25(16-13-19)17-18-9-5-3-6-10-18/h3,5-6,9-10,19H,4,7-8,11-17H2,1-2H3,(H2,22,23,24). The molecule has 27 heavy (non-hydrogen) atoms. The van der Waals surface area contributed by atoms with E-state index in [4.69, 9.17) is 0 Å². The Morgan fingerprint density at radius 3 is 2.59 bits per heavy atom. The summed E-state index contributed by atoms with van der Waals surface area (Å²) >= 11 is 0. The average molecular weight is 375 g/mol. The monoisotopic (exact) mass is 374 g/mol. The molecule has 1 aliphatic heterocycles. The third kappa shape index (κ3) is 8.43. The van der Waals surface area contributed by atoms with Crippen molar-refractivity contribution in [3.05, 3.63) is 35.9 Å². The highest BCUT2D eigenvalue weighted by atomic mass is 16.5. The maximum Gasteiger partial charge on any atom is 0.305 e. The Morgan fingerprint density at radius 1 is 1.19 bits per heavy atom. The molecule has 2 rings (SSSR count). The van der Waals surface area contributed by atoms with Gasteiger partial charge in [0, 0.05) is 45.7 Å². The Labute approximate surface area is 163 Å². The number of benzene rings is 1. The van der Waals surface area contributed by atoms with Crippen LogP contribution in [0.1, 0.15) is 44.1 Å². The van der Waals surface area contributed by atoms with Crippen molar-refractivity contribution in [1.29, 1.82) is 0 Å². The molecule has 150 valence electrons. The van der Waals surface area contributed by atoms with E-state index in [1.54, 1.807) is 0 Å². The molecule has 6 heteroatoms. The van der Waals surface area contributed by atoms with Gasteiger partial charge in [0.05, 0.1) is 7.11 Å². The number of nitrogens with zero attached hydrogens (tertiary/aromatic N) is 2. The van der Waals surface area contributed by atoms with Gasteiger partial charge in [-0.1, -0.05) is 36.8 Å². The van der Waals surface area contributed by atoms with Crippen molar-refractivity contribution in [2.24, 2.45) is 4.99 Å². The zero-order valence-electron chi connectivity index (χ0n) is 16.7. The minimum atomic E-state index is -0.126. The fraction of sp³-hybridized carbons (Fsp3) is 0.619. The van der Waals surface area contributed by atoms with Crippen LogP contribution >= 0.6 is 0 Å². The number of methoxy groups -OCH3 is 1. The van der Waals surface area contributed by atoms with Crippen LogP contribution in [0.25, 0.3) is 0 Å². The number of ether oxygens (including phenoxy) is 1. The number of aliphatic imine (C=N–C) groups is 1. The van der Waals surface area contributed by atoms with E-state index in [0.29, 0.717) is 12.5 Å². The molecule has 1 aromatic carbocycles. The first kappa shape index (κ1) is 21.2. The Bertz CT molecular complexity index is 569. The number of carbonyl (C=O) groups is 1. The number of hydrogen-bond acceptors (Lipinski definition) is 4. The molecule has 1 fully saturated rings. The van der Waals surface area contributed by atoms with Crippen LogP contribution in [0, 0.1) is 0 Å². The second-order valence-electron chi connectivity index (χ2n) is 7.07. The van der Waals surface area contributed by atoms with Crippen molar-refractivity contribution >= 4 is 11.9 Å². The van der Waals surface area contributed by atoms with Crippen LogP contribution in [-0.2, 0) is 16.1 Å². The van der Waals surface area contributed by atoms with E-state index in [0.717, 1.165) is 64.2 Å². The van der Waals surface area contributed by atoms with Gasteiger partial charge in [0.2, 0.25) is 0 Å². The largest absolute Gasteiger partial charge is 0.469 e. The van der Waals surface area contributed by atoms with E-state index >= 15 is 0 Å². The van der Waals surface area contributed by atoms with Gasteiger partial charge in [-0.2, -0.15) is 0 Å². The first-order valence-corrected chi connectivity index (χ1v) is 10.0. The van der Waals surface area contributed by atoms with Gasteiger partial charge in [-0.3, -0.25) is 14.7 Å². The molecule has 0 unspecified atom stereocenters. The van der Waals surface area contributed by atoms with Crippen LogP contribution in [0.5, 0.6) is 0 Å². The Hall–Kier alpha value is -2.08. The molecule has 1 saturated heterocycles. The summed E-state index contributed by atoms with van der Waals surface area (Å²) in [6.45, 7) is 4.12. The molecular formula is C21H34N4O2. The molecule has 1 aliphatic rings. The van der Waals surface area contributed by atoms with Gasteiger partial charge in [-0.25, -0.2) is 0 Å². The number of nitrogens with one attached hydrogen (secondary N) is 2. The van der Waals surface area contributed by atoms with Crippen LogP contribution in [0.4, 0.5) is 0 Å². The van der Waals surface area contributed by atoms with Crippen molar-refractivity contribution in [3.8, 4) is 0 Å². The Morgan fingerprint density at radius 2 is 1.93 bits per heavy atom. The number of hydrogen-bond donors (Lipinski definition) is 2. The third-order valence-electron chi connectivity index (χ3n) is 4.98. The smallest absolute Gasteiger partial charge is 0.305 e. The molecule has 2 N–H and O–H groups in total. The average Bonchev–Trinajstić information content (AvgIpc) is 2.71. The predicted octanol–water partition coefficient (Wildman–Crippen LogP) is 2.55. The second kappa shape index (κ2) is 12.3. The summed E-state index contributed by atoms with van der Waals surface area (Å²) in [5, 5.41) is 6.93. The molecule has 0 radical (unpaired) electrons. The van der Waals surface area contributed by atoms with Gasteiger partial charge < -0.3 is 15.4 Å². The van der Waals surface area contributed by atoms with Gasteiger partial charge in [0.1, 0.15) is 0 Å². The Kier molecular flexibility index (Phi) is 9.69. The summed E-state index contributed by atoms with van der Waals surface area (Å²) in [6, 6.07) is 11.1. The third-order valence-corrected chi connectivity index (χ3v) is 4.98. The first-order valence-electron chi connectivity index (χ1n) is 10.0. The molecule has 0 aromatic heterocycles. The lowest BCUT2D eigenvalue weighted by Crippen LogP contribution is -2.48. The molecule has 6 nitrogen and oxygen atoms in total. The van der Waals surface area contributed by atoms with E-state index in [1.807, 2.05) is 7.05 Å². The molecule has 0 bridgehead atoms. The molecule has 1 heterocycles. The maximum atomic E-state index is 11.1. The van der Waals surface area contributed by atoms with Crippen LogP contribution < -0.4 is 10.6 Å². The van der Waals surface area contributed by atoms with Crippen molar-refractivity contribution in [1.82, 2.24) is 15.5 Å². The number of guanidine groups is 1. The summed E-state index contributed by atoms with van der Waals surface area (Å²) in [4.78, 5) is 17.9. The van der Waals surface area contributed by atoms with Crippen LogP contribution in [0.3, 0.4) is 0 Å². The van der Waals surface area contributed by atoms with Gasteiger partial charge in [-0.05, 0) is 31.2 Å². The van der Waals surface area contributed by atoms with Gasteiger partial charge in [0.25, 0.3) is 0 Å². The second-order valence-corrected chi connectivity index (χ2v) is 7.07. The predicted molar refractivity (Wildman–Crippen MR) is 110 cm³/mol. The lowest BCUT2D eigenvalue weighted by atomic mass is 10.0. The summed E-state index contributed by atoms with van der Waals surface area (Å²) in [5.74, 6) is 0.753. The van der Waals surface area contributed by atoms with E-state index < -0.39 is 0 Å². The van der Waals surface area contributed by atoms with Gasteiger partial charge in [0.15, 0.2) is 5.96 Å². The van der Waals surface area contributed by atoms with Crippen molar-refractivity contribution < 1.29 is 9.53 Å². The van der Waals surface area contributed by atoms with E-state index in [2.05, 4.69) is 55.6 Å². The summed E-state index contributed by atoms with van der Waals surface area (Å²) in [5.41, 5.74) is 1.38. The quantitative estimate of drug-likeness (QED) is 0.301. The molecule has 0 spiro atoms. The maximum absolute atomic E-state index is 11.1. The fourth-order valence-electron chi connectivity index (χ4n) is 3.34. The number of carbonyl (C=O) groups excluding carboxylic acids is 1. The zero-order valence-corrected chi connectivity index (χ0v) is 16.7. The van der Waals surface area contributed by atoms with E-state index in [1.165, 1.54) is 12.7 Å². The van der Waals surface area contributed by atoms with Crippen LogP contribution in [0.2, 0.25) is 0 Å². The molecule has 0 saturated carbocycles. The van der Waals surface area contributed by atoms with Crippen LogP contribution in [-0.4, -0.2) is 56.7 Å². The minimum Gasteiger partial charge on any atom is -0.469 e. The number of rotatable bonds is 9. The SMILES string of the molecule is CN=C(NCCCCCC(=O)OC)NC1CCN(Cc2ccccc2)CC1. The zero-order chi connectivity index (χ0) is 19.3. The van der Waals surface area contributed by atoms with E-state index in [9.17, 15) is 4.79 Å². The Balaban J connectivity index is 1.58. The highest BCUT2D eigenvalue weighted by molar-refractivity contribution is 5.79. The number of piperidine rings is 1. The van der Waals surface area contributed by atoms with Crippen molar-refractivity contribution in [2.45, 2.75) is 51.1 Å². The number of likely N-dealkylation sites (tertiary alicyclic amines) is 1. The topological polar surface area (TPSA) is 66.0 Å². The van der Waals surface area contributed by atoms with Crippen molar-refractivity contribution in [3.63, 3.8) is 0 Å². The summed E-state index contributed by atoms with van der Waals surface area (Å²) in [7, 11) is 3.25. The van der Waals surface area contributed by atoms with Gasteiger partial charge in [-0.15, -0.1) is 0 Å². The number of esters is 1. The van der Waals surface area contributed by atoms with Crippen molar-refractivity contribution in [2.75, 3.05) is 33.8 Å². The first-order chi connectivity index (χ1) is 13.2. The fourth-order valence-corrected chi connectivity index (χ4v) is 3.34. The van der Waals surface area contributed by atoms with E-state index in [-0.39, 0.29) is 5.97 Å². The molecule has 0 aliphatic carbocycles. The molecular weight excluding hydrogens is 340 g/mol. The molecule has 1 aromatic rings. The molecule has 0 amide bonds. The summed E-state index contributed by atoms with van der Waals surface area (Å²) in [6.07, 6.45) is 5.68. The van der Waals surface area contributed by atoms with Crippen LogP contribution in [0.15, 0.2) is 35.3 Å².